The highest BCUT2D eigenvalue weighted by Gasteiger charge is 2.24. The Balaban J connectivity index is 1.03. The zero-order valence-corrected chi connectivity index (χ0v) is 31.7. The fourth-order valence-corrected chi connectivity index (χ4v) is 10.5. The highest BCUT2D eigenvalue weighted by Crippen LogP contribution is 2.52. The lowest BCUT2D eigenvalue weighted by atomic mass is 9.92. The van der Waals surface area contributed by atoms with E-state index in [-0.39, 0.29) is 0 Å². The molecule has 13 rings (SSSR count). The Hall–Kier alpha value is -7.47. The van der Waals surface area contributed by atoms with Gasteiger partial charge < -0.3 is 4.42 Å². The van der Waals surface area contributed by atoms with Crippen LogP contribution in [0.25, 0.3) is 131 Å². The molecule has 5 heteroatoms. The van der Waals surface area contributed by atoms with Gasteiger partial charge in [0.2, 0.25) is 0 Å². The molecule has 9 aromatic carbocycles. The minimum atomic E-state index is 0.606. The first-order valence-electron chi connectivity index (χ1n) is 19.5. The third-order valence-electron chi connectivity index (χ3n) is 11.9. The van der Waals surface area contributed by atoms with Gasteiger partial charge >= 0.3 is 0 Å². The third-order valence-corrected chi connectivity index (χ3v) is 13.0. The normalized spacial score (nSPS) is 12.1. The molecule has 1 aliphatic rings. The SMILES string of the molecule is c1ccc(-c2nc(-c3cccc4c(-c5cccc6sc7cc8c(cc7c56)-c5cccc6cccc-8c56)cccc34)nc(-c3cccc4oc5ccccc5c34)n2)cc1. The van der Waals surface area contributed by atoms with Crippen molar-refractivity contribution < 1.29 is 4.42 Å². The van der Waals surface area contributed by atoms with E-state index in [0.717, 1.165) is 49.4 Å². The summed E-state index contributed by atoms with van der Waals surface area (Å²) in [6.45, 7) is 0. The van der Waals surface area contributed by atoms with Crippen molar-refractivity contribution in [1.82, 2.24) is 15.0 Å². The summed E-state index contributed by atoms with van der Waals surface area (Å²) < 4.78 is 8.88. The third kappa shape index (κ3) is 4.53. The van der Waals surface area contributed by atoms with E-state index < -0.39 is 0 Å². The number of thiophene rings is 1. The number of para-hydroxylation sites is 1. The molecule has 0 bridgehead atoms. The molecule has 58 heavy (non-hydrogen) atoms. The van der Waals surface area contributed by atoms with Crippen LogP contribution >= 0.6 is 11.3 Å². The first kappa shape index (κ1) is 31.7. The number of furan rings is 1. The van der Waals surface area contributed by atoms with Crippen LogP contribution in [0.4, 0.5) is 0 Å². The quantitative estimate of drug-likeness (QED) is 0.179. The highest BCUT2D eigenvalue weighted by atomic mass is 32.1. The second kappa shape index (κ2) is 12.0. The molecule has 0 radical (unpaired) electrons. The van der Waals surface area contributed by atoms with Crippen LogP contribution < -0.4 is 0 Å². The Morgan fingerprint density at radius 1 is 0.328 bits per heavy atom. The molecule has 0 aliphatic heterocycles. The average molecular weight is 756 g/mol. The average Bonchev–Trinajstić information content (AvgIpc) is 3.95. The van der Waals surface area contributed by atoms with Gasteiger partial charge in [0.05, 0.1) is 0 Å². The van der Waals surface area contributed by atoms with E-state index in [0.29, 0.717) is 17.5 Å². The van der Waals surface area contributed by atoms with Gasteiger partial charge in [0.25, 0.3) is 0 Å². The standard InChI is InChI=1S/C53H29N3OS/c1-2-12-31(13-3-1)51-54-52(56-53(55-51)40-24-10-26-45-49(40)39-16-4-5-25-44(39)57-45)38-23-9-17-32-33(18-8-19-34(32)38)35-22-11-27-46-50(35)43-28-41-36-20-6-14-30-15-7-21-37(48(30)36)42(41)29-47(43)58-46/h1-29H. The van der Waals surface area contributed by atoms with Crippen LogP contribution in [-0.2, 0) is 0 Å². The van der Waals surface area contributed by atoms with Gasteiger partial charge in [-0.2, -0.15) is 0 Å². The molecule has 0 saturated carbocycles. The van der Waals surface area contributed by atoms with E-state index in [2.05, 4.69) is 127 Å². The maximum Gasteiger partial charge on any atom is 0.164 e. The Kier molecular flexibility index (Phi) is 6.57. The molecule has 0 unspecified atom stereocenters. The zero-order chi connectivity index (χ0) is 37.9. The van der Waals surface area contributed by atoms with Crippen LogP contribution in [-0.4, -0.2) is 15.0 Å². The van der Waals surface area contributed by atoms with E-state index in [1.807, 2.05) is 59.9 Å². The maximum atomic E-state index is 6.29. The summed E-state index contributed by atoms with van der Waals surface area (Å²) in [4.78, 5) is 15.6. The summed E-state index contributed by atoms with van der Waals surface area (Å²) >= 11 is 1.88. The van der Waals surface area contributed by atoms with Gasteiger partial charge in [0, 0.05) is 47.6 Å². The molecule has 0 fully saturated rings. The predicted molar refractivity (Wildman–Crippen MR) is 241 cm³/mol. The van der Waals surface area contributed by atoms with Crippen molar-refractivity contribution in [2.45, 2.75) is 0 Å². The second-order valence-corrected chi connectivity index (χ2v) is 16.1. The molecule has 0 amide bonds. The molecular weight excluding hydrogens is 727 g/mol. The molecule has 0 atom stereocenters. The van der Waals surface area contributed by atoms with Crippen LogP contribution in [0.5, 0.6) is 0 Å². The van der Waals surface area contributed by atoms with Gasteiger partial charge in [-0.15, -0.1) is 11.3 Å². The smallest absolute Gasteiger partial charge is 0.164 e. The molecule has 3 aromatic heterocycles. The van der Waals surface area contributed by atoms with E-state index in [1.165, 1.54) is 64.3 Å². The van der Waals surface area contributed by atoms with Crippen LogP contribution in [0.1, 0.15) is 0 Å². The van der Waals surface area contributed by atoms with Crippen molar-refractivity contribution in [2.24, 2.45) is 0 Å². The van der Waals surface area contributed by atoms with E-state index in [1.54, 1.807) is 0 Å². The minimum absolute atomic E-state index is 0.606. The summed E-state index contributed by atoms with van der Waals surface area (Å²) in [7, 11) is 0. The Bertz CT molecular complexity index is 3690. The van der Waals surface area contributed by atoms with Gasteiger partial charge in [-0.05, 0) is 85.3 Å². The van der Waals surface area contributed by atoms with Crippen LogP contribution in [0, 0.1) is 0 Å². The number of rotatable bonds is 4. The van der Waals surface area contributed by atoms with E-state index in [4.69, 9.17) is 19.4 Å². The highest BCUT2D eigenvalue weighted by molar-refractivity contribution is 7.26. The van der Waals surface area contributed by atoms with Crippen molar-refractivity contribution in [2.75, 3.05) is 0 Å². The van der Waals surface area contributed by atoms with E-state index in [9.17, 15) is 0 Å². The molecule has 4 nitrogen and oxygen atoms in total. The van der Waals surface area contributed by atoms with Crippen molar-refractivity contribution in [3.05, 3.63) is 176 Å². The number of fused-ring (bicyclic) bond motifs is 10. The van der Waals surface area contributed by atoms with Crippen LogP contribution in [0.3, 0.4) is 0 Å². The monoisotopic (exact) mass is 755 g/mol. The van der Waals surface area contributed by atoms with E-state index >= 15 is 0 Å². The second-order valence-electron chi connectivity index (χ2n) is 15.0. The van der Waals surface area contributed by atoms with Crippen molar-refractivity contribution >= 4 is 75.0 Å². The van der Waals surface area contributed by atoms with Crippen molar-refractivity contribution in [3.8, 4) is 67.5 Å². The molecule has 0 spiro atoms. The summed E-state index contributed by atoms with van der Waals surface area (Å²) in [6, 6.07) is 62.5. The fraction of sp³-hybridized carbons (Fsp3) is 0. The zero-order valence-electron chi connectivity index (χ0n) is 30.9. The molecule has 268 valence electrons. The van der Waals surface area contributed by atoms with Crippen LogP contribution in [0.15, 0.2) is 180 Å². The lowest BCUT2D eigenvalue weighted by Crippen LogP contribution is -2.01. The Morgan fingerprint density at radius 2 is 0.897 bits per heavy atom. The topological polar surface area (TPSA) is 51.8 Å². The number of aromatic nitrogens is 3. The first-order valence-corrected chi connectivity index (χ1v) is 20.3. The van der Waals surface area contributed by atoms with Crippen LogP contribution in [0.2, 0.25) is 0 Å². The summed E-state index contributed by atoms with van der Waals surface area (Å²) in [6.07, 6.45) is 0. The van der Waals surface area contributed by atoms with Gasteiger partial charge in [0.1, 0.15) is 11.2 Å². The van der Waals surface area contributed by atoms with Gasteiger partial charge in [0.15, 0.2) is 17.5 Å². The maximum absolute atomic E-state index is 6.29. The Morgan fingerprint density at radius 3 is 1.72 bits per heavy atom. The largest absolute Gasteiger partial charge is 0.456 e. The number of benzene rings is 9. The molecule has 1 aliphatic carbocycles. The predicted octanol–water partition coefficient (Wildman–Crippen LogP) is 14.8. The first-order chi connectivity index (χ1) is 28.7. The number of hydrogen-bond acceptors (Lipinski definition) is 5. The lowest BCUT2D eigenvalue weighted by molar-refractivity contribution is 0.669. The molecule has 3 heterocycles. The number of nitrogens with zero attached hydrogens (tertiary/aromatic N) is 3. The summed E-state index contributed by atoms with van der Waals surface area (Å²) in [5.41, 5.74) is 12.1. The van der Waals surface area contributed by atoms with Crippen molar-refractivity contribution in [1.29, 1.82) is 0 Å². The molecule has 12 aromatic rings. The van der Waals surface area contributed by atoms with Gasteiger partial charge in [-0.3, -0.25) is 0 Å². The molecule has 0 saturated heterocycles. The van der Waals surface area contributed by atoms with Crippen molar-refractivity contribution in [3.63, 3.8) is 0 Å². The molecule has 0 N–H and O–H groups in total. The number of hydrogen-bond donors (Lipinski definition) is 0. The van der Waals surface area contributed by atoms with Gasteiger partial charge in [-0.25, -0.2) is 15.0 Å². The summed E-state index contributed by atoms with van der Waals surface area (Å²) in [5.74, 6) is 1.85. The Labute approximate surface area is 336 Å². The molecular formula is C53H29N3OS. The fourth-order valence-electron chi connectivity index (χ4n) is 9.37. The summed E-state index contributed by atoms with van der Waals surface area (Å²) in [5, 5.41) is 9.50. The minimum Gasteiger partial charge on any atom is -0.456 e. The lowest BCUT2D eigenvalue weighted by Gasteiger charge is -2.13. The van der Waals surface area contributed by atoms with Gasteiger partial charge in [-0.1, -0.05) is 146 Å².